The summed E-state index contributed by atoms with van der Waals surface area (Å²) in [5, 5.41) is 0. The molecule has 0 radical (unpaired) electrons. The summed E-state index contributed by atoms with van der Waals surface area (Å²) < 4.78 is 66.8. The van der Waals surface area contributed by atoms with Gasteiger partial charge in [-0.25, -0.2) is 8.37 Å². The van der Waals surface area contributed by atoms with Gasteiger partial charge in [0.2, 0.25) is 0 Å². The minimum atomic E-state index is -4.89. The van der Waals surface area contributed by atoms with Crippen LogP contribution in [0.3, 0.4) is 0 Å². The fourth-order valence-corrected chi connectivity index (χ4v) is 2.07. The maximum Gasteiger partial charge on any atom is 0.397 e. The van der Waals surface area contributed by atoms with Crippen LogP contribution in [0.5, 0.6) is 0 Å². The van der Waals surface area contributed by atoms with Crippen molar-refractivity contribution in [1.82, 2.24) is 0 Å². The standard InChI is InChI=1S/C9H16O10S2/c1-7(10)2-3-8(11)4-5-9(19-21(15,16)17)6-18-20(12,13)14/h9H,2-6H2,1H3,(H,12,13,14)(H,15,16,17). The van der Waals surface area contributed by atoms with Crippen LogP contribution >= 0.6 is 0 Å². The van der Waals surface area contributed by atoms with Crippen LogP contribution in [-0.4, -0.2) is 50.2 Å². The number of hydrogen-bond acceptors (Lipinski definition) is 8. The van der Waals surface area contributed by atoms with Crippen molar-refractivity contribution in [3.05, 3.63) is 0 Å². The lowest BCUT2D eigenvalue weighted by Crippen LogP contribution is -2.26. The Balaban J connectivity index is 4.46. The molecule has 0 aliphatic carbocycles. The van der Waals surface area contributed by atoms with Gasteiger partial charge < -0.3 is 4.79 Å². The third kappa shape index (κ3) is 13.8. The van der Waals surface area contributed by atoms with Gasteiger partial charge in [-0.2, -0.15) is 16.8 Å². The zero-order valence-corrected chi connectivity index (χ0v) is 12.7. The van der Waals surface area contributed by atoms with Gasteiger partial charge in [-0.1, -0.05) is 0 Å². The lowest BCUT2D eigenvalue weighted by molar-refractivity contribution is -0.123. The smallest absolute Gasteiger partial charge is 0.300 e. The first-order chi connectivity index (χ1) is 9.39. The first-order valence-corrected chi connectivity index (χ1v) is 8.41. The normalized spacial score (nSPS) is 13.9. The van der Waals surface area contributed by atoms with E-state index in [0.717, 1.165) is 0 Å². The Morgan fingerprint density at radius 1 is 1.00 bits per heavy atom. The molecule has 0 aromatic heterocycles. The summed E-state index contributed by atoms with van der Waals surface area (Å²) in [4.78, 5) is 22.1. The Labute approximate surface area is 122 Å². The topological polar surface area (TPSA) is 161 Å². The summed E-state index contributed by atoms with van der Waals surface area (Å²) in [6.45, 7) is 0.399. The summed E-state index contributed by atoms with van der Waals surface area (Å²) in [6, 6.07) is 0. The molecule has 0 aromatic rings. The Morgan fingerprint density at radius 3 is 2.00 bits per heavy atom. The van der Waals surface area contributed by atoms with Gasteiger partial charge in [0, 0.05) is 19.3 Å². The minimum Gasteiger partial charge on any atom is -0.300 e. The molecule has 0 aliphatic rings. The average Bonchev–Trinajstić information content (AvgIpc) is 2.27. The number of ketones is 2. The molecule has 0 saturated heterocycles. The Hall–Kier alpha value is -0.920. The molecule has 0 rings (SSSR count). The van der Waals surface area contributed by atoms with E-state index in [0.29, 0.717) is 0 Å². The highest BCUT2D eigenvalue weighted by Crippen LogP contribution is 2.10. The Kier molecular flexibility index (Phi) is 8.13. The van der Waals surface area contributed by atoms with Crippen LogP contribution in [0.15, 0.2) is 0 Å². The van der Waals surface area contributed by atoms with E-state index < -0.39 is 33.5 Å². The number of carbonyl (C=O) groups excluding carboxylic acids is 2. The van der Waals surface area contributed by atoms with Crippen LogP contribution < -0.4 is 0 Å². The zero-order valence-electron chi connectivity index (χ0n) is 11.1. The molecule has 1 unspecified atom stereocenters. The summed E-state index contributed by atoms with van der Waals surface area (Å²) in [5.41, 5.74) is 0. The summed E-state index contributed by atoms with van der Waals surface area (Å²) in [7, 11) is -9.71. The van der Waals surface area contributed by atoms with Crippen LogP contribution in [0.2, 0.25) is 0 Å². The number of carbonyl (C=O) groups is 2. The number of hydrogen-bond donors (Lipinski definition) is 2. The van der Waals surface area contributed by atoms with E-state index in [-0.39, 0.29) is 37.2 Å². The largest absolute Gasteiger partial charge is 0.397 e. The van der Waals surface area contributed by atoms with E-state index in [1.807, 2.05) is 0 Å². The van der Waals surface area contributed by atoms with E-state index >= 15 is 0 Å². The van der Waals surface area contributed by atoms with Gasteiger partial charge in [0.15, 0.2) is 0 Å². The third-order valence-corrected chi connectivity index (χ3v) is 3.11. The van der Waals surface area contributed by atoms with Crippen LogP contribution in [0, 0.1) is 0 Å². The molecule has 0 saturated carbocycles. The molecule has 0 spiro atoms. The van der Waals surface area contributed by atoms with E-state index in [4.69, 9.17) is 9.11 Å². The number of rotatable bonds is 11. The van der Waals surface area contributed by atoms with Gasteiger partial charge in [0.25, 0.3) is 0 Å². The van der Waals surface area contributed by atoms with Crippen molar-refractivity contribution in [3.8, 4) is 0 Å². The number of Topliss-reactive ketones (excluding diaryl/α,β-unsaturated/α-hetero) is 2. The predicted octanol–water partition coefficient (Wildman–Crippen LogP) is -0.288. The second kappa shape index (κ2) is 8.51. The van der Waals surface area contributed by atoms with Crippen LogP contribution in [-0.2, 0) is 38.8 Å². The van der Waals surface area contributed by atoms with Crippen molar-refractivity contribution in [2.24, 2.45) is 0 Å². The first kappa shape index (κ1) is 20.1. The van der Waals surface area contributed by atoms with Gasteiger partial charge in [-0.15, -0.1) is 0 Å². The lowest BCUT2D eigenvalue weighted by atomic mass is 10.1. The molecular weight excluding hydrogens is 332 g/mol. The first-order valence-electron chi connectivity index (χ1n) is 5.67. The Bertz CT molecular complexity index is 561. The van der Waals surface area contributed by atoms with Gasteiger partial charge in [-0.3, -0.25) is 13.9 Å². The van der Waals surface area contributed by atoms with E-state index in [9.17, 15) is 26.4 Å². The van der Waals surface area contributed by atoms with Crippen molar-refractivity contribution < 1.29 is 43.9 Å². The predicted molar refractivity (Wildman–Crippen MR) is 68.1 cm³/mol. The molecule has 0 fully saturated rings. The maximum atomic E-state index is 11.4. The van der Waals surface area contributed by atoms with Gasteiger partial charge in [-0.05, 0) is 13.3 Å². The fourth-order valence-electron chi connectivity index (χ4n) is 1.26. The van der Waals surface area contributed by atoms with Crippen molar-refractivity contribution in [2.75, 3.05) is 6.61 Å². The highest BCUT2D eigenvalue weighted by molar-refractivity contribution is 7.81. The third-order valence-electron chi connectivity index (χ3n) is 2.16. The van der Waals surface area contributed by atoms with E-state index in [1.165, 1.54) is 6.92 Å². The lowest BCUT2D eigenvalue weighted by Gasteiger charge is -2.13. The Morgan fingerprint density at radius 2 is 1.57 bits per heavy atom. The van der Waals surface area contributed by atoms with Crippen LogP contribution in [0.25, 0.3) is 0 Å². The highest BCUT2D eigenvalue weighted by atomic mass is 32.3. The molecule has 0 aliphatic heterocycles. The molecule has 21 heavy (non-hydrogen) atoms. The fraction of sp³-hybridized carbons (Fsp3) is 0.778. The van der Waals surface area contributed by atoms with Gasteiger partial charge in [0.1, 0.15) is 17.7 Å². The van der Waals surface area contributed by atoms with Crippen molar-refractivity contribution >= 4 is 32.4 Å². The maximum absolute atomic E-state index is 11.4. The molecular formula is C9H16O10S2. The molecule has 2 N–H and O–H groups in total. The van der Waals surface area contributed by atoms with Crippen LogP contribution in [0.4, 0.5) is 0 Å². The molecule has 10 nitrogen and oxygen atoms in total. The molecule has 0 aromatic carbocycles. The molecule has 0 bridgehead atoms. The van der Waals surface area contributed by atoms with Gasteiger partial charge >= 0.3 is 20.8 Å². The van der Waals surface area contributed by atoms with Crippen molar-refractivity contribution in [2.45, 2.75) is 38.7 Å². The highest BCUT2D eigenvalue weighted by Gasteiger charge is 2.21. The SMILES string of the molecule is CC(=O)CCC(=O)CCC(COS(=O)(=O)O)OS(=O)(=O)O. The molecule has 124 valence electrons. The summed E-state index contributed by atoms with van der Waals surface area (Å²) in [5.74, 6) is -0.565. The quantitative estimate of drug-likeness (QED) is 0.474. The van der Waals surface area contributed by atoms with Gasteiger partial charge in [0.05, 0.1) is 6.61 Å². The monoisotopic (exact) mass is 348 g/mol. The second-order valence-electron chi connectivity index (χ2n) is 4.14. The minimum absolute atomic E-state index is 0.0319. The average molecular weight is 348 g/mol. The second-order valence-corrected chi connectivity index (χ2v) is 6.28. The van der Waals surface area contributed by atoms with E-state index in [2.05, 4.69) is 8.37 Å². The van der Waals surface area contributed by atoms with Crippen molar-refractivity contribution in [1.29, 1.82) is 0 Å². The molecule has 0 amide bonds. The summed E-state index contributed by atoms with van der Waals surface area (Å²) in [6.07, 6.45) is -2.01. The van der Waals surface area contributed by atoms with Crippen molar-refractivity contribution in [3.63, 3.8) is 0 Å². The van der Waals surface area contributed by atoms with E-state index in [1.54, 1.807) is 0 Å². The summed E-state index contributed by atoms with van der Waals surface area (Å²) >= 11 is 0. The molecule has 1 atom stereocenters. The molecule has 0 heterocycles. The molecule has 12 heteroatoms. The van der Waals surface area contributed by atoms with Crippen LogP contribution in [0.1, 0.15) is 32.6 Å². The zero-order chi connectivity index (χ0) is 16.7.